The number of halogens is 3. The Kier molecular flexibility index (Phi) is 6.76. The summed E-state index contributed by atoms with van der Waals surface area (Å²) in [6.45, 7) is 0. The molecule has 0 saturated heterocycles. The third-order valence-electron chi connectivity index (χ3n) is 4.32. The van der Waals surface area contributed by atoms with E-state index in [1.165, 1.54) is 30.3 Å². The van der Waals surface area contributed by atoms with Crippen molar-refractivity contribution in [3.05, 3.63) is 87.3 Å². The normalized spacial score (nSPS) is 12.7. The number of nitrogens with one attached hydrogen (secondary N) is 1. The Balaban J connectivity index is 2.33. The van der Waals surface area contributed by atoms with Crippen LogP contribution in [0.1, 0.15) is 21.9 Å². The summed E-state index contributed by atoms with van der Waals surface area (Å²) >= 11 is 12.1. The summed E-state index contributed by atoms with van der Waals surface area (Å²) in [6, 6.07) is 11.5. The topological polar surface area (TPSA) is 117 Å². The Morgan fingerprint density at radius 2 is 1.69 bits per heavy atom. The molecule has 1 heterocycles. The van der Waals surface area contributed by atoms with Gasteiger partial charge >= 0.3 is 0 Å². The highest BCUT2D eigenvalue weighted by Crippen LogP contribution is 2.40. The number of hydrogen-bond donors (Lipinski definition) is 1. The average Bonchev–Trinajstić information content (AvgIpc) is 2.71. The predicted octanol–water partition coefficient (Wildman–Crippen LogP) is 4.33. The second-order valence-electron chi connectivity index (χ2n) is 6.69. The minimum Gasteiger partial charge on any atom is -0.268 e. The summed E-state index contributed by atoms with van der Waals surface area (Å²) in [7, 11) is -8.10. The van der Waals surface area contributed by atoms with Crippen LogP contribution in [0, 0.1) is 17.1 Å². The maximum atomic E-state index is 14.9. The molecule has 166 valence electrons. The lowest BCUT2D eigenvalue weighted by Crippen LogP contribution is -2.18. The third kappa shape index (κ3) is 5.19. The molecule has 1 unspecified atom stereocenters. The lowest BCUT2D eigenvalue weighted by Gasteiger charge is -2.21. The molecule has 0 aliphatic carbocycles. The first-order valence-corrected chi connectivity index (χ1v) is 12.9. The summed E-state index contributed by atoms with van der Waals surface area (Å²) in [4.78, 5) is 3.66. The zero-order valence-corrected chi connectivity index (χ0v) is 19.4. The van der Waals surface area contributed by atoms with Gasteiger partial charge in [0, 0.05) is 16.8 Å². The standard InChI is InChI=1S/C20H14Cl2FN3O4S2/c1-31(27,28)26-19-9-15(17(22)11-25-19)20(16-8-12(10-24)2-7-18(16)23)32(29,30)14-5-3-13(21)4-6-14/h2-9,11,20H,1H3,(H,25,26). The number of benzene rings is 2. The molecular formula is C20H14Cl2FN3O4S2. The van der Waals surface area contributed by atoms with Crippen molar-refractivity contribution in [1.29, 1.82) is 5.26 Å². The molecule has 3 aromatic rings. The van der Waals surface area contributed by atoms with Gasteiger partial charge in [0.2, 0.25) is 10.0 Å². The van der Waals surface area contributed by atoms with Crippen molar-refractivity contribution in [3.8, 4) is 6.07 Å². The molecule has 0 spiro atoms. The van der Waals surface area contributed by atoms with Gasteiger partial charge in [-0.05, 0) is 54.1 Å². The van der Waals surface area contributed by atoms with Crippen LogP contribution in [0.3, 0.4) is 0 Å². The van der Waals surface area contributed by atoms with Crippen molar-refractivity contribution in [2.45, 2.75) is 10.1 Å². The van der Waals surface area contributed by atoms with Crippen LogP contribution in [-0.4, -0.2) is 28.1 Å². The maximum Gasteiger partial charge on any atom is 0.230 e. The van der Waals surface area contributed by atoms with E-state index in [0.29, 0.717) is 5.02 Å². The van der Waals surface area contributed by atoms with E-state index in [9.17, 15) is 26.5 Å². The second-order valence-corrected chi connectivity index (χ2v) is 11.3. The summed E-state index contributed by atoms with van der Waals surface area (Å²) in [5, 5.41) is 7.66. The Morgan fingerprint density at radius 3 is 2.28 bits per heavy atom. The van der Waals surface area contributed by atoms with Gasteiger partial charge in [0.25, 0.3) is 0 Å². The van der Waals surface area contributed by atoms with Crippen LogP contribution in [0.15, 0.2) is 59.6 Å². The van der Waals surface area contributed by atoms with E-state index in [1.807, 2.05) is 6.07 Å². The van der Waals surface area contributed by atoms with Crippen LogP contribution in [0.2, 0.25) is 10.0 Å². The Bertz CT molecular complexity index is 1440. The smallest absolute Gasteiger partial charge is 0.230 e. The van der Waals surface area contributed by atoms with E-state index in [4.69, 9.17) is 23.2 Å². The maximum absolute atomic E-state index is 14.9. The van der Waals surface area contributed by atoms with Crippen molar-refractivity contribution in [1.82, 2.24) is 4.98 Å². The Hall–Kier alpha value is -2.71. The largest absolute Gasteiger partial charge is 0.268 e. The van der Waals surface area contributed by atoms with Gasteiger partial charge in [-0.3, -0.25) is 4.72 Å². The molecule has 12 heteroatoms. The van der Waals surface area contributed by atoms with Crippen molar-refractivity contribution in [2.24, 2.45) is 0 Å². The zero-order chi connectivity index (χ0) is 23.7. The van der Waals surface area contributed by atoms with Gasteiger partial charge in [-0.25, -0.2) is 26.2 Å². The van der Waals surface area contributed by atoms with E-state index in [1.54, 1.807) is 0 Å². The molecule has 0 aliphatic rings. The van der Waals surface area contributed by atoms with Crippen molar-refractivity contribution in [2.75, 3.05) is 11.0 Å². The Morgan fingerprint density at radius 1 is 1.03 bits per heavy atom. The quantitative estimate of drug-likeness (QED) is 0.523. The van der Waals surface area contributed by atoms with Gasteiger partial charge in [0.05, 0.1) is 27.8 Å². The fraction of sp³-hybridized carbons (Fsp3) is 0.100. The van der Waals surface area contributed by atoms with E-state index in [2.05, 4.69) is 9.71 Å². The van der Waals surface area contributed by atoms with E-state index in [-0.39, 0.29) is 32.4 Å². The highest BCUT2D eigenvalue weighted by Gasteiger charge is 2.35. The monoisotopic (exact) mass is 513 g/mol. The van der Waals surface area contributed by atoms with E-state index >= 15 is 0 Å². The molecule has 1 aromatic heterocycles. The number of sulfone groups is 1. The molecule has 1 atom stereocenters. The summed E-state index contributed by atoms with van der Waals surface area (Å²) in [6.07, 6.45) is 1.95. The molecule has 3 rings (SSSR count). The van der Waals surface area contributed by atoms with Crippen LogP contribution >= 0.6 is 23.2 Å². The van der Waals surface area contributed by atoms with Gasteiger partial charge in [-0.15, -0.1) is 0 Å². The summed E-state index contributed by atoms with van der Waals surface area (Å²) in [5.74, 6) is -1.10. The minimum atomic E-state index is -4.35. The van der Waals surface area contributed by atoms with E-state index < -0.39 is 30.9 Å². The molecular weight excluding hydrogens is 500 g/mol. The number of anilines is 1. The molecule has 7 nitrogen and oxygen atoms in total. The molecule has 2 aromatic carbocycles. The molecule has 0 fully saturated rings. The van der Waals surface area contributed by atoms with Gasteiger partial charge in [-0.2, -0.15) is 5.26 Å². The van der Waals surface area contributed by atoms with Crippen LogP contribution in [0.25, 0.3) is 0 Å². The van der Waals surface area contributed by atoms with Gasteiger partial charge in [0.15, 0.2) is 9.84 Å². The highest BCUT2D eigenvalue weighted by molar-refractivity contribution is 7.92. The second kappa shape index (κ2) is 9.03. The van der Waals surface area contributed by atoms with Gasteiger partial charge in [-0.1, -0.05) is 23.2 Å². The molecule has 1 N–H and O–H groups in total. The van der Waals surface area contributed by atoms with Crippen molar-refractivity contribution < 1.29 is 21.2 Å². The van der Waals surface area contributed by atoms with Gasteiger partial charge in [0.1, 0.15) is 16.9 Å². The van der Waals surface area contributed by atoms with Gasteiger partial charge < -0.3 is 0 Å². The fourth-order valence-electron chi connectivity index (χ4n) is 2.98. The number of nitrogens with zero attached hydrogens (tertiary/aromatic N) is 2. The third-order valence-corrected chi connectivity index (χ3v) is 7.52. The predicted molar refractivity (Wildman–Crippen MR) is 119 cm³/mol. The van der Waals surface area contributed by atoms with Crippen molar-refractivity contribution >= 4 is 48.9 Å². The summed E-state index contributed by atoms with van der Waals surface area (Å²) in [5.41, 5.74) is -0.438. The lowest BCUT2D eigenvalue weighted by atomic mass is 10.0. The molecule has 0 saturated carbocycles. The highest BCUT2D eigenvalue weighted by atomic mass is 35.5. The number of rotatable bonds is 6. The summed E-state index contributed by atoms with van der Waals surface area (Å²) < 4.78 is 67.5. The minimum absolute atomic E-state index is 0.0253. The first-order chi connectivity index (χ1) is 14.9. The number of sulfonamides is 1. The number of hydrogen-bond acceptors (Lipinski definition) is 6. The zero-order valence-electron chi connectivity index (χ0n) is 16.3. The van der Waals surface area contributed by atoms with Crippen molar-refractivity contribution in [3.63, 3.8) is 0 Å². The molecule has 0 aliphatic heterocycles. The lowest BCUT2D eigenvalue weighted by molar-refractivity contribution is 0.578. The first-order valence-electron chi connectivity index (χ1n) is 8.74. The van der Waals surface area contributed by atoms with Crippen LogP contribution in [0.5, 0.6) is 0 Å². The Labute approximate surface area is 194 Å². The average molecular weight is 514 g/mol. The molecule has 0 amide bonds. The SMILES string of the molecule is CS(=O)(=O)Nc1cc(C(c2cc(C#N)ccc2F)S(=O)(=O)c2ccc(Cl)cc2)c(Cl)cn1. The van der Waals surface area contributed by atoms with Crippen LogP contribution in [-0.2, 0) is 19.9 Å². The van der Waals surface area contributed by atoms with Crippen LogP contribution < -0.4 is 4.72 Å². The number of pyridine rings is 1. The molecule has 0 radical (unpaired) electrons. The first kappa shape index (κ1) is 23.9. The van der Waals surface area contributed by atoms with Crippen LogP contribution in [0.4, 0.5) is 10.2 Å². The molecule has 32 heavy (non-hydrogen) atoms. The number of nitriles is 1. The number of aromatic nitrogens is 1. The van der Waals surface area contributed by atoms with E-state index in [0.717, 1.165) is 30.7 Å². The molecule has 0 bridgehead atoms. The fourth-order valence-corrected chi connectivity index (χ4v) is 5.70.